The van der Waals surface area contributed by atoms with Crippen LogP contribution in [0.25, 0.3) is 0 Å². The van der Waals surface area contributed by atoms with Gasteiger partial charge in [0, 0.05) is 6.42 Å². The fourth-order valence-electron chi connectivity index (χ4n) is 1.41. The normalized spacial score (nSPS) is 13.0. The minimum Gasteiger partial charge on any atom is -0.170 e. The number of rotatable bonds is 6. The predicted octanol–water partition coefficient (Wildman–Crippen LogP) is 2.91. The third-order valence-corrected chi connectivity index (χ3v) is 2.40. The number of aromatic nitrogens is 4. The Bertz CT molecular complexity index is 373. The molecule has 1 aromatic rings. The number of hydrogen-bond donors (Lipinski definition) is 0. The van der Waals surface area contributed by atoms with E-state index in [0.29, 0.717) is 6.42 Å². The molecule has 1 heterocycles. The molecule has 0 saturated heterocycles. The molecule has 1 aromatic heterocycles. The van der Waals surface area contributed by atoms with Gasteiger partial charge in [0.15, 0.2) is 5.82 Å². The molecule has 18 heavy (non-hydrogen) atoms. The van der Waals surface area contributed by atoms with E-state index >= 15 is 0 Å². The lowest BCUT2D eigenvalue weighted by Gasteiger charge is -2.19. The highest BCUT2D eigenvalue weighted by Crippen LogP contribution is 2.39. The van der Waals surface area contributed by atoms with Crippen molar-refractivity contribution in [2.75, 3.05) is 0 Å². The largest absolute Gasteiger partial charge is 0.477 e. The summed E-state index contributed by atoms with van der Waals surface area (Å²) in [5, 5.41) is 8.84. The molecular weight excluding hydrogens is 259 g/mol. The van der Waals surface area contributed by atoms with Gasteiger partial charge in [-0.1, -0.05) is 26.2 Å². The van der Waals surface area contributed by atoms with Crippen molar-refractivity contribution in [2.45, 2.75) is 51.3 Å². The van der Waals surface area contributed by atoms with Crippen molar-refractivity contribution in [2.24, 2.45) is 0 Å². The third-order valence-electron chi connectivity index (χ3n) is 2.40. The number of unbranched alkanes of at least 4 members (excludes halogenated alkanes) is 3. The molecule has 0 N–H and O–H groups in total. The Kier molecular flexibility index (Phi) is 4.58. The number of alkyl halides is 5. The molecule has 0 bridgehead atoms. The Morgan fingerprint density at radius 3 is 2.28 bits per heavy atom. The van der Waals surface area contributed by atoms with E-state index in [9.17, 15) is 22.0 Å². The van der Waals surface area contributed by atoms with Crippen LogP contribution >= 0.6 is 0 Å². The molecule has 0 aromatic carbocycles. The van der Waals surface area contributed by atoms with Gasteiger partial charge in [-0.25, -0.2) is 0 Å². The van der Waals surface area contributed by atoms with Crippen LogP contribution in [0.15, 0.2) is 0 Å². The van der Waals surface area contributed by atoms with Gasteiger partial charge in [-0.05, 0) is 16.8 Å². The van der Waals surface area contributed by atoms with E-state index in [-0.39, 0.29) is 6.42 Å². The molecule has 0 aliphatic carbocycles. The van der Waals surface area contributed by atoms with E-state index in [1.165, 1.54) is 0 Å². The van der Waals surface area contributed by atoms with Gasteiger partial charge >= 0.3 is 12.2 Å². The van der Waals surface area contributed by atoms with E-state index in [4.69, 9.17) is 0 Å². The Labute approximate surface area is 100 Å². The van der Waals surface area contributed by atoms with Gasteiger partial charge in [0.2, 0.25) is 0 Å². The van der Waals surface area contributed by atoms with Crippen molar-refractivity contribution in [3.63, 3.8) is 0 Å². The van der Waals surface area contributed by atoms with E-state index in [0.717, 1.165) is 19.3 Å². The zero-order chi connectivity index (χ0) is 13.8. The lowest BCUT2D eigenvalue weighted by molar-refractivity contribution is -0.329. The van der Waals surface area contributed by atoms with E-state index in [1.807, 2.05) is 6.92 Å². The lowest BCUT2D eigenvalue weighted by Crippen LogP contribution is -2.41. The van der Waals surface area contributed by atoms with Gasteiger partial charge in [0.1, 0.15) is 0 Å². The first-order valence-electron chi connectivity index (χ1n) is 5.53. The third kappa shape index (κ3) is 3.14. The molecule has 0 aliphatic heterocycles. The van der Waals surface area contributed by atoms with Gasteiger partial charge in [0.05, 0.1) is 0 Å². The summed E-state index contributed by atoms with van der Waals surface area (Å²) in [4.78, 5) is 0. The van der Waals surface area contributed by atoms with Gasteiger partial charge in [-0.3, -0.25) is 0 Å². The van der Waals surface area contributed by atoms with Gasteiger partial charge in [-0.2, -0.15) is 26.6 Å². The lowest BCUT2D eigenvalue weighted by atomic mass is 10.1. The van der Waals surface area contributed by atoms with Crippen LogP contribution in [0, 0.1) is 0 Å². The van der Waals surface area contributed by atoms with Crippen LogP contribution in [0.1, 0.15) is 38.4 Å². The fraction of sp³-hybridized carbons (Fsp3) is 0.889. The fourth-order valence-corrected chi connectivity index (χ4v) is 1.41. The first-order valence-corrected chi connectivity index (χ1v) is 5.53. The monoisotopic (exact) mass is 272 g/mol. The number of hydrogen-bond acceptors (Lipinski definition) is 3. The van der Waals surface area contributed by atoms with Crippen molar-refractivity contribution in [1.29, 1.82) is 0 Å². The van der Waals surface area contributed by atoms with Crippen LogP contribution < -0.4 is 0 Å². The SMILES string of the molecule is CCCCCCc1nnnn1C(F)(F)C(F)(F)F. The van der Waals surface area contributed by atoms with Crippen LogP contribution in [-0.4, -0.2) is 26.4 Å². The maximum absolute atomic E-state index is 13.0. The molecule has 4 nitrogen and oxygen atoms in total. The average Bonchev–Trinajstić information content (AvgIpc) is 2.71. The van der Waals surface area contributed by atoms with Crippen molar-refractivity contribution >= 4 is 0 Å². The molecule has 0 unspecified atom stereocenters. The predicted molar refractivity (Wildman–Crippen MR) is 51.9 cm³/mol. The average molecular weight is 272 g/mol. The molecule has 0 spiro atoms. The summed E-state index contributed by atoms with van der Waals surface area (Å²) < 4.78 is 62.1. The smallest absolute Gasteiger partial charge is 0.170 e. The molecule has 9 heteroatoms. The van der Waals surface area contributed by atoms with Gasteiger partial charge in [-0.15, -0.1) is 5.10 Å². The van der Waals surface area contributed by atoms with E-state index in [2.05, 4.69) is 15.5 Å². The van der Waals surface area contributed by atoms with Crippen molar-refractivity contribution in [1.82, 2.24) is 20.2 Å². The maximum Gasteiger partial charge on any atom is 0.477 e. The van der Waals surface area contributed by atoms with Crippen LogP contribution in [0.5, 0.6) is 0 Å². The molecule has 1 rings (SSSR count). The summed E-state index contributed by atoms with van der Waals surface area (Å²) in [7, 11) is 0. The van der Waals surface area contributed by atoms with Crippen LogP contribution in [0.4, 0.5) is 22.0 Å². The molecule has 0 atom stereocenters. The summed E-state index contributed by atoms with van der Waals surface area (Å²) in [5.74, 6) is -0.451. The molecule has 0 fully saturated rings. The minimum absolute atomic E-state index is 0.00132. The first kappa shape index (κ1) is 14.8. The van der Waals surface area contributed by atoms with Crippen LogP contribution in [-0.2, 0) is 12.5 Å². The Morgan fingerprint density at radius 2 is 1.72 bits per heavy atom. The topological polar surface area (TPSA) is 43.6 Å². The van der Waals surface area contributed by atoms with Crippen molar-refractivity contribution < 1.29 is 22.0 Å². The Balaban J connectivity index is 2.76. The minimum atomic E-state index is -5.71. The van der Waals surface area contributed by atoms with Gasteiger partial charge in [0.25, 0.3) is 0 Å². The highest BCUT2D eigenvalue weighted by Gasteiger charge is 2.61. The van der Waals surface area contributed by atoms with Gasteiger partial charge < -0.3 is 0 Å². The molecule has 0 amide bonds. The number of aryl methyl sites for hydroxylation is 1. The Hall–Kier alpha value is -1.28. The second kappa shape index (κ2) is 5.57. The molecule has 104 valence electrons. The number of halogens is 5. The highest BCUT2D eigenvalue weighted by molar-refractivity contribution is 4.87. The zero-order valence-electron chi connectivity index (χ0n) is 9.71. The summed E-state index contributed by atoms with van der Waals surface area (Å²) in [6.07, 6.45) is -2.68. The molecule has 0 saturated carbocycles. The standard InChI is InChI=1S/C9H13F5N4/c1-2-3-4-5-6-7-15-16-17-18(7)9(13,14)8(10,11)12/h2-6H2,1H3. The summed E-state index contributed by atoms with van der Waals surface area (Å²) in [6, 6.07) is -5.07. The zero-order valence-corrected chi connectivity index (χ0v) is 9.71. The number of nitrogens with zero attached hydrogens (tertiary/aromatic N) is 4. The maximum atomic E-state index is 13.0. The summed E-state index contributed by atoms with van der Waals surface area (Å²) in [6.45, 7) is 1.96. The molecule has 0 radical (unpaired) electrons. The van der Waals surface area contributed by atoms with E-state index < -0.39 is 22.7 Å². The second-order valence-electron chi connectivity index (χ2n) is 3.86. The van der Waals surface area contributed by atoms with Crippen molar-refractivity contribution in [3.8, 4) is 0 Å². The highest BCUT2D eigenvalue weighted by atomic mass is 19.4. The second-order valence-corrected chi connectivity index (χ2v) is 3.86. The van der Waals surface area contributed by atoms with Crippen LogP contribution in [0.3, 0.4) is 0 Å². The Morgan fingerprint density at radius 1 is 1.06 bits per heavy atom. The summed E-state index contributed by atoms with van der Waals surface area (Å²) in [5.41, 5.74) is 0. The molecule has 0 aliphatic rings. The van der Waals surface area contributed by atoms with Crippen molar-refractivity contribution in [3.05, 3.63) is 5.82 Å². The molecular formula is C9H13F5N4. The quantitative estimate of drug-likeness (QED) is 0.590. The number of tetrazole rings is 1. The van der Waals surface area contributed by atoms with Crippen LogP contribution in [0.2, 0.25) is 0 Å². The summed E-state index contributed by atoms with van der Waals surface area (Å²) >= 11 is 0. The first-order chi connectivity index (χ1) is 8.30. The van der Waals surface area contributed by atoms with E-state index in [1.54, 1.807) is 0 Å².